The maximum Gasteiger partial charge on any atom is 0.444 e. The molecule has 0 aromatic heterocycles. The third-order valence-corrected chi connectivity index (χ3v) is 5.06. The van der Waals surface area contributed by atoms with Crippen LogP contribution in [0.3, 0.4) is 0 Å². The molecule has 0 aliphatic rings. The second kappa shape index (κ2) is 7.70. The molecular formula is C19H22N2O4S. The van der Waals surface area contributed by atoms with Gasteiger partial charge in [0.1, 0.15) is 5.60 Å². The summed E-state index contributed by atoms with van der Waals surface area (Å²) in [5.41, 5.74) is 0.283. The van der Waals surface area contributed by atoms with E-state index in [0.717, 1.165) is 5.56 Å². The molecule has 26 heavy (non-hydrogen) atoms. The van der Waals surface area contributed by atoms with E-state index in [4.69, 9.17) is 4.74 Å². The molecule has 2 amide bonds. The third kappa shape index (κ3) is 5.16. The summed E-state index contributed by atoms with van der Waals surface area (Å²) in [6.45, 7) is 6.80. The molecular weight excluding hydrogens is 352 g/mol. The van der Waals surface area contributed by atoms with Crippen LogP contribution in [0.15, 0.2) is 63.9 Å². The highest BCUT2D eigenvalue weighted by molar-refractivity contribution is 7.92. The zero-order chi connectivity index (χ0) is 19.4. The van der Waals surface area contributed by atoms with Crippen molar-refractivity contribution in [3.8, 4) is 0 Å². The molecule has 0 saturated heterocycles. The van der Waals surface area contributed by atoms with Crippen LogP contribution < -0.4 is 4.72 Å². The van der Waals surface area contributed by atoms with E-state index in [1.165, 1.54) is 12.1 Å². The molecule has 0 fully saturated rings. The van der Waals surface area contributed by atoms with E-state index >= 15 is 0 Å². The zero-order valence-corrected chi connectivity index (χ0v) is 16.0. The predicted octanol–water partition coefficient (Wildman–Crippen LogP) is 4.10. The molecule has 1 atom stereocenters. The lowest BCUT2D eigenvalue weighted by Crippen LogP contribution is -2.32. The fraction of sp³-hybridized carbons (Fsp3) is 0.263. The molecule has 138 valence electrons. The van der Waals surface area contributed by atoms with Gasteiger partial charge < -0.3 is 4.74 Å². The van der Waals surface area contributed by atoms with Crippen LogP contribution in [0.1, 0.15) is 36.7 Å². The standard InChI is InChI=1S/C19H22N2O4S/c1-14-10-8-9-13-16(14)17(22)20-26(24,15-11-6-5-7-12-15)21-18(23)25-19(2,3)4/h5-13H,1-4H3,(H,20,21,22,23,24). The lowest BCUT2D eigenvalue weighted by atomic mass is 10.1. The fourth-order valence-electron chi connectivity index (χ4n) is 2.13. The molecule has 2 rings (SSSR count). The van der Waals surface area contributed by atoms with Gasteiger partial charge >= 0.3 is 6.09 Å². The van der Waals surface area contributed by atoms with Gasteiger partial charge in [-0.1, -0.05) is 36.4 Å². The van der Waals surface area contributed by atoms with Gasteiger partial charge in [-0.15, -0.1) is 4.36 Å². The van der Waals surface area contributed by atoms with Crippen LogP contribution in [0.4, 0.5) is 4.79 Å². The molecule has 6 nitrogen and oxygen atoms in total. The van der Waals surface area contributed by atoms with Crippen molar-refractivity contribution in [2.24, 2.45) is 4.36 Å². The van der Waals surface area contributed by atoms with Crippen LogP contribution in [0, 0.1) is 6.92 Å². The molecule has 2 aromatic rings. The highest BCUT2D eigenvalue weighted by Crippen LogP contribution is 2.16. The Hall–Kier alpha value is -2.67. The Morgan fingerprint density at radius 2 is 1.58 bits per heavy atom. The largest absolute Gasteiger partial charge is 0.444 e. The Labute approximate surface area is 153 Å². The van der Waals surface area contributed by atoms with E-state index < -0.39 is 27.5 Å². The first-order valence-corrected chi connectivity index (χ1v) is 9.55. The van der Waals surface area contributed by atoms with Crippen LogP contribution in [0.2, 0.25) is 0 Å². The summed E-state index contributed by atoms with van der Waals surface area (Å²) >= 11 is 0. The van der Waals surface area contributed by atoms with E-state index in [-0.39, 0.29) is 4.90 Å². The summed E-state index contributed by atoms with van der Waals surface area (Å²) in [4.78, 5) is 24.9. The van der Waals surface area contributed by atoms with Crippen LogP contribution in [-0.2, 0) is 14.7 Å². The number of ether oxygens (including phenoxy) is 1. The van der Waals surface area contributed by atoms with Crippen molar-refractivity contribution in [3.63, 3.8) is 0 Å². The van der Waals surface area contributed by atoms with E-state index in [2.05, 4.69) is 9.08 Å². The molecule has 0 spiro atoms. The number of benzene rings is 2. The van der Waals surface area contributed by atoms with Crippen molar-refractivity contribution < 1.29 is 18.5 Å². The van der Waals surface area contributed by atoms with Gasteiger partial charge in [0.2, 0.25) is 0 Å². The van der Waals surface area contributed by atoms with Crippen LogP contribution in [-0.4, -0.2) is 21.8 Å². The molecule has 0 aliphatic heterocycles. The summed E-state index contributed by atoms with van der Waals surface area (Å²) < 4.78 is 24.6. The summed E-state index contributed by atoms with van der Waals surface area (Å²) in [7, 11) is -3.55. The predicted molar refractivity (Wildman–Crippen MR) is 100 cm³/mol. The summed E-state index contributed by atoms with van der Waals surface area (Å²) in [5.74, 6) is -0.579. The van der Waals surface area contributed by atoms with Crippen LogP contribution >= 0.6 is 0 Å². The first kappa shape index (κ1) is 19.7. The van der Waals surface area contributed by atoms with Gasteiger partial charge in [-0.3, -0.25) is 9.52 Å². The fourth-order valence-corrected chi connectivity index (χ4v) is 3.54. The second-order valence-corrected chi connectivity index (χ2v) is 8.57. The minimum Gasteiger partial charge on any atom is -0.442 e. The van der Waals surface area contributed by atoms with Crippen molar-refractivity contribution in [2.75, 3.05) is 0 Å². The molecule has 1 N–H and O–H groups in total. The molecule has 2 aromatic carbocycles. The van der Waals surface area contributed by atoms with E-state index in [1.54, 1.807) is 70.2 Å². The zero-order valence-electron chi connectivity index (χ0n) is 15.2. The van der Waals surface area contributed by atoms with Crippen LogP contribution in [0.5, 0.6) is 0 Å². The molecule has 7 heteroatoms. The first-order valence-electron chi connectivity index (χ1n) is 8.04. The average molecular weight is 374 g/mol. The van der Waals surface area contributed by atoms with Crippen molar-refractivity contribution in [1.82, 2.24) is 4.72 Å². The number of hydrogen-bond donors (Lipinski definition) is 1. The normalized spacial score (nSPS) is 13.4. The van der Waals surface area contributed by atoms with Gasteiger partial charge in [-0.2, -0.15) is 0 Å². The minimum absolute atomic E-state index is 0.216. The SMILES string of the molecule is Cc1ccccc1C(=O)NS(=O)(=NC(=O)OC(C)(C)C)c1ccccc1. The number of carbonyl (C=O) groups is 2. The molecule has 0 radical (unpaired) electrons. The van der Waals surface area contributed by atoms with Gasteiger partial charge in [-0.25, -0.2) is 9.00 Å². The van der Waals surface area contributed by atoms with Crippen molar-refractivity contribution in [3.05, 3.63) is 65.7 Å². The van der Waals surface area contributed by atoms with Gasteiger partial charge in [0.15, 0.2) is 9.92 Å². The highest BCUT2D eigenvalue weighted by Gasteiger charge is 2.23. The van der Waals surface area contributed by atoms with Gasteiger partial charge in [0.25, 0.3) is 5.91 Å². The van der Waals surface area contributed by atoms with Gasteiger partial charge in [0, 0.05) is 5.56 Å². The Morgan fingerprint density at radius 1 is 1.00 bits per heavy atom. The van der Waals surface area contributed by atoms with E-state index in [0.29, 0.717) is 5.56 Å². The topological polar surface area (TPSA) is 84.8 Å². The molecule has 0 saturated carbocycles. The maximum atomic E-state index is 13.4. The van der Waals surface area contributed by atoms with Crippen molar-refractivity contribution in [1.29, 1.82) is 0 Å². The monoisotopic (exact) mass is 374 g/mol. The van der Waals surface area contributed by atoms with Gasteiger partial charge in [-0.05, 0) is 51.5 Å². The smallest absolute Gasteiger partial charge is 0.442 e. The van der Waals surface area contributed by atoms with Gasteiger partial charge in [0.05, 0.1) is 4.90 Å². The second-order valence-electron chi connectivity index (χ2n) is 6.66. The van der Waals surface area contributed by atoms with E-state index in [1.807, 2.05) is 0 Å². The molecule has 0 bridgehead atoms. The molecule has 0 aliphatic carbocycles. The van der Waals surface area contributed by atoms with Crippen molar-refractivity contribution in [2.45, 2.75) is 38.2 Å². The number of hydrogen-bond acceptors (Lipinski definition) is 4. The van der Waals surface area contributed by atoms with E-state index in [9.17, 15) is 13.8 Å². The number of rotatable bonds is 3. The first-order chi connectivity index (χ1) is 12.1. The minimum atomic E-state index is -3.55. The van der Waals surface area contributed by atoms with Crippen LogP contribution in [0.25, 0.3) is 0 Å². The Kier molecular flexibility index (Phi) is 5.82. The van der Waals surface area contributed by atoms with Crippen molar-refractivity contribution >= 4 is 21.9 Å². The molecule has 0 heterocycles. The third-order valence-electron chi connectivity index (χ3n) is 3.28. The number of carbonyl (C=O) groups excluding carboxylic acids is 2. The highest BCUT2D eigenvalue weighted by atomic mass is 32.2. The lowest BCUT2D eigenvalue weighted by Gasteiger charge is -2.18. The summed E-state index contributed by atoms with van der Waals surface area (Å²) in [6.07, 6.45) is -1.00. The Balaban J connectivity index is 2.46. The number of nitrogens with zero attached hydrogens (tertiary/aromatic N) is 1. The number of aryl methyl sites for hydroxylation is 1. The Bertz CT molecular complexity index is 924. The maximum absolute atomic E-state index is 13.4. The summed E-state index contributed by atoms with van der Waals surface area (Å²) in [6, 6.07) is 15.0. The lowest BCUT2D eigenvalue weighted by molar-refractivity contribution is 0.0607. The number of amides is 2. The number of nitrogens with one attached hydrogen (secondary N) is 1. The Morgan fingerprint density at radius 3 is 2.15 bits per heavy atom. The quantitative estimate of drug-likeness (QED) is 0.876. The summed E-state index contributed by atoms with van der Waals surface area (Å²) in [5, 5.41) is 0. The molecule has 1 unspecified atom stereocenters. The average Bonchev–Trinajstić information content (AvgIpc) is 2.54.